The number of carboxylic acids is 1. The zero-order valence-corrected chi connectivity index (χ0v) is 12.3. The summed E-state index contributed by atoms with van der Waals surface area (Å²) in [7, 11) is 0. The number of anilines is 1. The van der Waals surface area contributed by atoms with E-state index in [2.05, 4.69) is 10.3 Å². The summed E-state index contributed by atoms with van der Waals surface area (Å²) >= 11 is 3.94. The van der Waals surface area contributed by atoms with E-state index >= 15 is 0 Å². The molecule has 1 aliphatic heterocycles. The highest BCUT2D eigenvalue weighted by atomic mass is 32.2. The molecule has 1 fully saturated rings. The maximum Gasteiger partial charge on any atom is 0.335 e. The van der Waals surface area contributed by atoms with Gasteiger partial charge in [-0.25, -0.2) is 4.79 Å². The van der Waals surface area contributed by atoms with Gasteiger partial charge >= 0.3 is 5.97 Å². The molecule has 0 aliphatic carbocycles. The Morgan fingerprint density at radius 3 is 3.15 bits per heavy atom. The number of benzene rings is 1. The van der Waals surface area contributed by atoms with Gasteiger partial charge in [-0.3, -0.25) is 0 Å². The lowest BCUT2D eigenvalue weighted by Crippen LogP contribution is -2.23. The third-order valence-electron chi connectivity index (χ3n) is 3.00. The number of fused-ring (bicyclic) bond motifs is 1. The molecule has 106 valence electrons. The Bertz CT molecular complexity index is 623. The predicted molar refractivity (Wildman–Crippen MR) is 83.0 cm³/mol. The van der Waals surface area contributed by atoms with Crippen molar-refractivity contribution in [3.8, 4) is 0 Å². The van der Waals surface area contributed by atoms with Gasteiger partial charge in [-0.1, -0.05) is 0 Å². The van der Waals surface area contributed by atoms with Crippen molar-refractivity contribution in [3.05, 3.63) is 23.8 Å². The number of carboxylic acid groups (broad SMARTS) is 1. The highest BCUT2D eigenvalue weighted by Crippen LogP contribution is 2.25. The second kappa shape index (κ2) is 5.97. The fraction of sp³-hybridized carbons (Fsp3) is 0.385. The number of oxazole rings is 1. The van der Waals surface area contributed by atoms with Crippen LogP contribution in [0.2, 0.25) is 0 Å². The van der Waals surface area contributed by atoms with E-state index in [0.29, 0.717) is 22.4 Å². The second-order valence-electron chi connectivity index (χ2n) is 4.46. The lowest BCUT2D eigenvalue weighted by Gasteiger charge is -2.20. The fourth-order valence-corrected chi connectivity index (χ4v) is 4.60. The average Bonchev–Trinajstić information content (AvgIpc) is 2.88. The Morgan fingerprint density at radius 2 is 2.40 bits per heavy atom. The average molecular weight is 310 g/mol. The summed E-state index contributed by atoms with van der Waals surface area (Å²) in [6, 6.07) is 5.16. The van der Waals surface area contributed by atoms with Gasteiger partial charge in [-0.15, -0.1) is 0 Å². The maximum atomic E-state index is 10.9. The molecule has 0 spiro atoms. The van der Waals surface area contributed by atoms with E-state index in [1.165, 1.54) is 23.6 Å². The summed E-state index contributed by atoms with van der Waals surface area (Å²) in [4.78, 5) is 15.2. The van der Waals surface area contributed by atoms with Crippen LogP contribution in [0.4, 0.5) is 6.01 Å². The minimum Gasteiger partial charge on any atom is -0.478 e. The number of hydrogen-bond acceptors (Lipinski definition) is 6. The van der Waals surface area contributed by atoms with Crippen molar-refractivity contribution in [3.63, 3.8) is 0 Å². The lowest BCUT2D eigenvalue weighted by atomic mass is 10.2. The Hall–Kier alpha value is -1.34. The standard InChI is InChI=1S/C13H14N2O3S2/c16-12(17)8-1-2-10-11(5-8)18-13(15-10)14-6-9-7-19-3-4-20-9/h1-2,5,9H,3-4,6-7H2,(H,14,15)(H,16,17). The van der Waals surface area contributed by atoms with Crippen LogP contribution in [0, 0.1) is 0 Å². The van der Waals surface area contributed by atoms with Gasteiger partial charge in [-0.2, -0.15) is 28.5 Å². The van der Waals surface area contributed by atoms with Crippen LogP contribution in [0.15, 0.2) is 22.6 Å². The Labute approximate surface area is 124 Å². The molecule has 20 heavy (non-hydrogen) atoms. The SMILES string of the molecule is O=C(O)c1ccc2nc(NCC3CSCCS3)oc2c1. The van der Waals surface area contributed by atoms with Gasteiger partial charge in [0.2, 0.25) is 0 Å². The van der Waals surface area contributed by atoms with Crippen LogP contribution >= 0.6 is 23.5 Å². The van der Waals surface area contributed by atoms with E-state index in [0.717, 1.165) is 12.3 Å². The number of carbonyl (C=O) groups is 1. The van der Waals surface area contributed by atoms with Crippen molar-refractivity contribution in [2.45, 2.75) is 5.25 Å². The first kappa shape index (κ1) is 13.6. The quantitative estimate of drug-likeness (QED) is 0.899. The number of aromatic carboxylic acids is 1. The van der Waals surface area contributed by atoms with E-state index < -0.39 is 5.97 Å². The second-order valence-corrected chi connectivity index (χ2v) is 7.01. The third kappa shape index (κ3) is 3.04. The monoisotopic (exact) mass is 310 g/mol. The van der Waals surface area contributed by atoms with E-state index in [9.17, 15) is 4.79 Å². The molecule has 3 rings (SSSR count). The maximum absolute atomic E-state index is 10.9. The van der Waals surface area contributed by atoms with Crippen molar-refractivity contribution in [2.24, 2.45) is 0 Å². The first-order valence-corrected chi connectivity index (χ1v) is 8.50. The van der Waals surface area contributed by atoms with Gasteiger partial charge in [0.25, 0.3) is 6.01 Å². The highest BCUT2D eigenvalue weighted by Gasteiger charge is 2.15. The molecule has 2 aromatic rings. The number of rotatable bonds is 4. The first-order chi connectivity index (χ1) is 9.72. The molecule has 2 N–H and O–H groups in total. The van der Waals surface area contributed by atoms with Gasteiger partial charge in [0.05, 0.1) is 5.56 Å². The molecule has 1 aromatic carbocycles. The molecule has 0 amide bonds. The summed E-state index contributed by atoms with van der Waals surface area (Å²) in [6.45, 7) is 0.816. The Kier molecular flexibility index (Phi) is 4.07. The molecular weight excluding hydrogens is 296 g/mol. The zero-order chi connectivity index (χ0) is 13.9. The predicted octanol–water partition coefficient (Wildman–Crippen LogP) is 2.79. The smallest absolute Gasteiger partial charge is 0.335 e. The van der Waals surface area contributed by atoms with Crippen LogP contribution in [-0.2, 0) is 0 Å². The summed E-state index contributed by atoms with van der Waals surface area (Å²) < 4.78 is 5.55. The third-order valence-corrected chi connectivity index (χ3v) is 5.85. The van der Waals surface area contributed by atoms with E-state index in [1.54, 1.807) is 6.07 Å². The van der Waals surface area contributed by atoms with E-state index in [-0.39, 0.29) is 5.56 Å². The molecule has 1 atom stereocenters. The van der Waals surface area contributed by atoms with Crippen molar-refractivity contribution in [1.29, 1.82) is 0 Å². The van der Waals surface area contributed by atoms with Crippen LogP contribution in [0.1, 0.15) is 10.4 Å². The molecule has 0 radical (unpaired) electrons. The summed E-state index contributed by atoms with van der Waals surface area (Å²) in [5.41, 5.74) is 1.38. The fourth-order valence-electron chi connectivity index (χ4n) is 1.99. The van der Waals surface area contributed by atoms with E-state index in [4.69, 9.17) is 9.52 Å². The molecule has 2 heterocycles. The molecule has 5 nitrogen and oxygen atoms in total. The molecule has 1 saturated heterocycles. The normalized spacial score (nSPS) is 19.1. The van der Waals surface area contributed by atoms with Gasteiger partial charge in [-0.05, 0) is 18.2 Å². The van der Waals surface area contributed by atoms with Gasteiger partial charge in [0.15, 0.2) is 5.58 Å². The van der Waals surface area contributed by atoms with Gasteiger partial charge < -0.3 is 14.8 Å². The van der Waals surface area contributed by atoms with Gasteiger partial charge in [0, 0.05) is 29.1 Å². The summed E-state index contributed by atoms with van der Waals surface area (Å²) in [5.74, 6) is 2.59. The number of hydrogen-bond donors (Lipinski definition) is 2. The first-order valence-electron chi connectivity index (χ1n) is 6.29. The number of thioether (sulfide) groups is 2. The summed E-state index contributed by atoms with van der Waals surface area (Å²) in [6.07, 6.45) is 0. The van der Waals surface area contributed by atoms with Gasteiger partial charge in [0.1, 0.15) is 5.52 Å². The molecular formula is C13H14N2O3S2. The highest BCUT2D eigenvalue weighted by molar-refractivity contribution is 8.06. The number of nitrogens with zero attached hydrogens (tertiary/aromatic N) is 1. The van der Waals surface area contributed by atoms with Crippen LogP contribution in [0.25, 0.3) is 11.1 Å². The Balaban J connectivity index is 1.70. The van der Waals surface area contributed by atoms with Crippen molar-refractivity contribution >= 4 is 46.6 Å². The molecule has 0 bridgehead atoms. The molecule has 1 unspecified atom stereocenters. The van der Waals surface area contributed by atoms with Crippen LogP contribution < -0.4 is 5.32 Å². The molecule has 0 saturated carbocycles. The van der Waals surface area contributed by atoms with Crippen LogP contribution in [-0.4, -0.2) is 45.1 Å². The zero-order valence-electron chi connectivity index (χ0n) is 10.7. The topological polar surface area (TPSA) is 75.4 Å². The van der Waals surface area contributed by atoms with Crippen LogP contribution in [0.3, 0.4) is 0 Å². The van der Waals surface area contributed by atoms with Crippen molar-refractivity contribution < 1.29 is 14.3 Å². The largest absolute Gasteiger partial charge is 0.478 e. The van der Waals surface area contributed by atoms with Crippen molar-refractivity contribution in [2.75, 3.05) is 29.1 Å². The molecule has 7 heteroatoms. The number of nitrogens with one attached hydrogen (secondary N) is 1. The van der Waals surface area contributed by atoms with E-state index in [1.807, 2.05) is 23.5 Å². The summed E-state index contributed by atoms with van der Waals surface area (Å²) in [5, 5.41) is 12.7. The van der Waals surface area contributed by atoms with Crippen molar-refractivity contribution in [1.82, 2.24) is 4.98 Å². The molecule has 1 aliphatic rings. The van der Waals surface area contributed by atoms with Crippen LogP contribution in [0.5, 0.6) is 0 Å². The minimum absolute atomic E-state index is 0.208. The molecule has 1 aromatic heterocycles. The lowest BCUT2D eigenvalue weighted by molar-refractivity contribution is 0.0697. The minimum atomic E-state index is -0.964. The Morgan fingerprint density at radius 1 is 1.50 bits per heavy atom. The number of aromatic nitrogens is 1.